The molecule has 3 rings (SSSR count). The highest BCUT2D eigenvalue weighted by Gasteiger charge is 2.41. The molecule has 0 spiro atoms. The van der Waals surface area contributed by atoms with Crippen molar-refractivity contribution in [2.75, 3.05) is 45.5 Å². The van der Waals surface area contributed by atoms with Crippen LogP contribution in [0.25, 0.3) is 0 Å². The molecule has 1 saturated heterocycles. The van der Waals surface area contributed by atoms with Crippen LogP contribution < -0.4 is 4.59 Å². The predicted molar refractivity (Wildman–Crippen MR) is 98.9 cm³/mol. The number of nitrogens with zero attached hydrogens (tertiary/aromatic N) is 6. The van der Waals surface area contributed by atoms with Gasteiger partial charge in [-0.3, -0.25) is 4.90 Å². The number of alkyl halides is 3. The van der Waals surface area contributed by atoms with E-state index >= 15 is 0 Å². The zero-order chi connectivity index (χ0) is 20.6. The van der Waals surface area contributed by atoms with Gasteiger partial charge < -0.3 is 0 Å². The summed E-state index contributed by atoms with van der Waals surface area (Å²) in [7, 11) is -1.60. The summed E-state index contributed by atoms with van der Waals surface area (Å²) in [5.74, 6) is 0.535. The van der Waals surface area contributed by atoms with Crippen LogP contribution in [-0.4, -0.2) is 69.0 Å². The molecule has 154 valence electrons. The largest absolute Gasteiger partial charge is 0.416 e. The molecule has 0 N–H and O–H groups in total. The van der Waals surface area contributed by atoms with Gasteiger partial charge in [-0.15, -0.1) is 4.59 Å². The quantitative estimate of drug-likeness (QED) is 0.687. The third-order valence-corrected chi connectivity index (χ3v) is 6.89. The van der Waals surface area contributed by atoms with Crippen LogP contribution in [0.4, 0.5) is 18.9 Å². The fourth-order valence-corrected chi connectivity index (χ4v) is 4.25. The minimum absolute atomic E-state index is 0.0575. The van der Waals surface area contributed by atoms with E-state index < -0.39 is 21.8 Å². The Morgan fingerprint density at radius 2 is 1.86 bits per heavy atom. The lowest BCUT2D eigenvalue weighted by Crippen LogP contribution is -2.54. The summed E-state index contributed by atoms with van der Waals surface area (Å²) in [6.07, 6.45) is -4.45. The highest BCUT2D eigenvalue weighted by atomic mass is 32.2. The van der Waals surface area contributed by atoms with Crippen LogP contribution in [0.15, 0.2) is 39.8 Å². The fourth-order valence-electron chi connectivity index (χ4n) is 3.16. The molecule has 2 aliphatic rings. The summed E-state index contributed by atoms with van der Waals surface area (Å²) < 4.78 is 64.3. The van der Waals surface area contributed by atoms with Crippen molar-refractivity contribution < 1.29 is 21.6 Å². The van der Waals surface area contributed by atoms with Crippen molar-refractivity contribution in [3.63, 3.8) is 0 Å². The Morgan fingerprint density at radius 3 is 2.46 bits per heavy atom. The molecule has 12 heteroatoms. The van der Waals surface area contributed by atoms with Crippen molar-refractivity contribution in [2.24, 2.45) is 15.5 Å². The molecule has 0 aliphatic carbocycles. The van der Waals surface area contributed by atoms with E-state index in [1.165, 1.54) is 10.4 Å². The SMILES string of the molecule is CCS(=O)(=O)N1CCN(CC2=NN=N[N+]2(C)c2cccc(C(F)(F)F)c2)CC1. The summed E-state index contributed by atoms with van der Waals surface area (Å²) >= 11 is 0. The smallest absolute Gasteiger partial charge is 0.290 e. The standard InChI is InChI=1S/C16H22F3N6O2S/c1-3-28(26,27)24-9-7-23(8-10-24)12-15-20-21-22-25(15,2)14-6-4-5-13(11-14)16(17,18)19/h4-6,11H,3,7-10,12H2,1-2H3/q+1. The lowest BCUT2D eigenvalue weighted by atomic mass is 10.1. The van der Waals surface area contributed by atoms with Crippen molar-refractivity contribution >= 4 is 21.5 Å². The van der Waals surface area contributed by atoms with E-state index in [2.05, 4.69) is 15.5 Å². The maximum absolute atomic E-state index is 13.1. The molecule has 2 aliphatic heterocycles. The molecule has 1 atom stereocenters. The molecule has 8 nitrogen and oxygen atoms in total. The van der Waals surface area contributed by atoms with Crippen LogP contribution in [0.5, 0.6) is 0 Å². The summed E-state index contributed by atoms with van der Waals surface area (Å²) in [4.78, 5) is 2.00. The van der Waals surface area contributed by atoms with Crippen molar-refractivity contribution in [1.82, 2.24) is 13.8 Å². The van der Waals surface area contributed by atoms with Gasteiger partial charge in [0.1, 0.15) is 7.05 Å². The molecular formula is C16H22F3N6O2S+. The van der Waals surface area contributed by atoms with Gasteiger partial charge in [-0.05, 0) is 13.0 Å². The number of hydrogen-bond donors (Lipinski definition) is 0. The first-order valence-electron chi connectivity index (χ1n) is 8.80. The van der Waals surface area contributed by atoms with E-state index in [-0.39, 0.29) is 10.3 Å². The molecule has 28 heavy (non-hydrogen) atoms. The second-order valence-corrected chi connectivity index (χ2v) is 9.04. The monoisotopic (exact) mass is 419 g/mol. The third-order valence-electron chi connectivity index (χ3n) is 5.01. The molecular weight excluding hydrogens is 397 g/mol. The van der Waals surface area contributed by atoms with Crippen molar-refractivity contribution in [3.05, 3.63) is 29.8 Å². The molecule has 1 unspecified atom stereocenters. The molecule has 1 aromatic carbocycles. The van der Waals surface area contributed by atoms with Gasteiger partial charge in [0.15, 0.2) is 5.69 Å². The van der Waals surface area contributed by atoms with Gasteiger partial charge in [-0.1, -0.05) is 11.2 Å². The first kappa shape index (κ1) is 20.8. The number of sulfonamides is 1. The molecule has 0 saturated carbocycles. The van der Waals surface area contributed by atoms with E-state index in [9.17, 15) is 21.6 Å². The Kier molecular flexibility index (Phi) is 5.58. The zero-order valence-electron chi connectivity index (χ0n) is 15.6. The summed E-state index contributed by atoms with van der Waals surface area (Å²) in [5.41, 5.74) is -0.453. The van der Waals surface area contributed by atoms with E-state index in [0.717, 1.165) is 12.1 Å². The van der Waals surface area contributed by atoms with Crippen LogP contribution in [0.3, 0.4) is 0 Å². The minimum atomic E-state index is -4.45. The van der Waals surface area contributed by atoms with Gasteiger partial charge >= 0.3 is 6.18 Å². The maximum atomic E-state index is 13.1. The van der Waals surface area contributed by atoms with Gasteiger partial charge in [-0.25, -0.2) is 8.42 Å². The van der Waals surface area contributed by atoms with E-state index in [1.54, 1.807) is 20.0 Å². The Balaban J connectivity index is 1.73. The number of rotatable bonds is 5. The van der Waals surface area contributed by atoms with Gasteiger partial charge in [0.25, 0.3) is 5.84 Å². The average molecular weight is 419 g/mol. The van der Waals surface area contributed by atoms with E-state index in [4.69, 9.17) is 0 Å². The van der Waals surface area contributed by atoms with Crippen LogP contribution in [0.1, 0.15) is 12.5 Å². The fraction of sp³-hybridized carbons (Fsp3) is 0.562. The van der Waals surface area contributed by atoms with Crippen molar-refractivity contribution in [2.45, 2.75) is 13.1 Å². The first-order valence-corrected chi connectivity index (χ1v) is 10.4. The molecule has 0 aromatic heterocycles. The lowest BCUT2D eigenvalue weighted by Gasteiger charge is -2.34. The van der Waals surface area contributed by atoms with Crippen LogP contribution in [0.2, 0.25) is 0 Å². The highest BCUT2D eigenvalue weighted by Crippen LogP contribution is 2.34. The minimum Gasteiger partial charge on any atom is -0.290 e. The van der Waals surface area contributed by atoms with E-state index in [1.807, 2.05) is 4.90 Å². The summed E-state index contributed by atoms with van der Waals surface area (Å²) in [6.45, 7) is 3.67. The topological polar surface area (TPSA) is 77.7 Å². The molecule has 0 bridgehead atoms. The van der Waals surface area contributed by atoms with Gasteiger partial charge in [-0.2, -0.15) is 17.5 Å². The number of hydrogen-bond acceptors (Lipinski definition) is 6. The van der Waals surface area contributed by atoms with E-state index in [0.29, 0.717) is 44.2 Å². The molecule has 0 amide bonds. The normalized spacial score (nSPS) is 24.5. The number of piperazine rings is 1. The predicted octanol–water partition coefficient (Wildman–Crippen LogP) is 2.30. The average Bonchev–Trinajstić information content (AvgIpc) is 3.03. The van der Waals surface area contributed by atoms with Crippen molar-refractivity contribution in [1.29, 1.82) is 0 Å². The summed E-state index contributed by atoms with van der Waals surface area (Å²) in [5, 5.41) is 11.8. The number of benzene rings is 1. The number of quaternary nitrogens is 1. The maximum Gasteiger partial charge on any atom is 0.416 e. The van der Waals surface area contributed by atoms with Crippen molar-refractivity contribution in [3.8, 4) is 0 Å². The molecule has 1 fully saturated rings. The van der Waals surface area contributed by atoms with Crippen LogP contribution in [0, 0.1) is 0 Å². The lowest BCUT2D eigenvalue weighted by molar-refractivity contribution is -0.137. The third kappa shape index (κ3) is 4.09. The Hall–Kier alpha value is -1.89. The van der Waals surface area contributed by atoms with Gasteiger partial charge in [0.05, 0.1) is 23.1 Å². The van der Waals surface area contributed by atoms with Gasteiger partial charge in [0, 0.05) is 43.5 Å². The number of halogens is 3. The van der Waals surface area contributed by atoms with Crippen LogP contribution in [-0.2, 0) is 16.2 Å². The zero-order valence-corrected chi connectivity index (χ0v) is 16.4. The Labute approximate surface area is 161 Å². The van der Waals surface area contributed by atoms with Gasteiger partial charge in [0.2, 0.25) is 10.0 Å². The number of likely N-dealkylation sites (N-methyl/N-ethyl adjacent to an activating group) is 1. The molecule has 0 radical (unpaired) electrons. The Morgan fingerprint density at radius 1 is 1.18 bits per heavy atom. The molecule has 2 heterocycles. The van der Waals surface area contributed by atoms with Crippen LogP contribution >= 0.6 is 0 Å². The second kappa shape index (κ2) is 7.50. The Bertz CT molecular complexity index is 894. The first-order chi connectivity index (χ1) is 13.1. The number of amidine groups is 1. The summed E-state index contributed by atoms with van der Waals surface area (Å²) in [6, 6.07) is 4.95. The molecule has 1 aromatic rings. The second-order valence-electron chi connectivity index (χ2n) is 6.78. The highest BCUT2D eigenvalue weighted by molar-refractivity contribution is 7.89.